The normalized spacial score (nSPS) is 12.1. The molecule has 1 atom stereocenters. The van der Waals surface area contributed by atoms with Crippen molar-refractivity contribution in [3.63, 3.8) is 0 Å². The van der Waals surface area contributed by atoms with Crippen molar-refractivity contribution in [3.8, 4) is 0 Å². The molecule has 0 aromatic heterocycles. The summed E-state index contributed by atoms with van der Waals surface area (Å²) in [6.45, 7) is 3.93. The smallest absolute Gasteiger partial charge is 0.220 e. The van der Waals surface area contributed by atoms with Crippen LogP contribution in [0.25, 0.3) is 0 Å². The SMILES string of the molecule is CCCC(=O)NC(C)c1ccccc1N. The van der Waals surface area contributed by atoms with Crippen LogP contribution in [0.1, 0.15) is 38.3 Å². The molecule has 0 bridgehead atoms. The van der Waals surface area contributed by atoms with Gasteiger partial charge in [-0.25, -0.2) is 0 Å². The Morgan fingerprint density at radius 1 is 1.47 bits per heavy atom. The minimum absolute atomic E-state index is 0.0229. The number of carbonyl (C=O) groups excluding carboxylic acids is 1. The van der Waals surface area contributed by atoms with E-state index in [0.717, 1.165) is 17.7 Å². The number of carbonyl (C=O) groups is 1. The third-order valence-corrected chi connectivity index (χ3v) is 2.32. The van der Waals surface area contributed by atoms with Crippen LogP contribution in [0.5, 0.6) is 0 Å². The van der Waals surface area contributed by atoms with E-state index in [0.29, 0.717) is 6.42 Å². The molecule has 0 saturated carbocycles. The first-order valence-corrected chi connectivity index (χ1v) is 5.29. The highest BCUT2D eigenvalue weighted by atomic mass is 16.1. The Morgan fingerprint density at radius 3 is 2.73 bits per heavy atom. The Morgan fingerprint density at radius 2 is 2.13 bits per heavy atom. The van der Waals surface area contributed by atoms with Gasteiger partial charge in [-0.05, 0) is 25.0 Å². The lowest BCUT2D eigenvalue weighted by atomic mass is 10.1. The molecule has 1 aromatic rings. The van der Waals surface area contributed by atoms with E-state index in [9.17, 15) is 4.79 Å². The third kappa shape index (κ3) is 3.27. The van der Waals surface area contributed by atoms with Crippen molar-refractivity contribution in [3.05, 3.63) is 29.8 Å². The van der Waals surface area contributed by atoms with Gasteiger partial charge in [0, 0.05) is 12.1 Å². The molecule has 0 aliphatic rings. The Bertz CT molecular complexity index is 336. The second kappa shape index (κ2) is 5.39. The van der Waals surface area contributed by atoms with Gasteiger partial charge in [-0.1, -0.05) is 25.1 Å². The van der Waals surface area contributed by atoms with Crippen molar-refractivity contribution >= 4 is 11.6 Å². The molecule has 0 spiro atoms. The zero-order valence-electron chi connectivity index (χ0n) is 9.29. The summed E-state index contributed by atoms with van der Waals surface area (Å²) in [5.74, 6) is 0.0771. The molecule has 0 aliphatic carbocycles. The van der Waals surface area contributed by atoms with Crippen molar-refractivity contribution < 1.29 is 4.79 Å². The van der Waals surface area contributed by atoms with Crippen LogP contribution in [-0.4, -0.2) is 5.91 Å². The van der Waals surface area contributed by atoms with E-state index in [1.165, 1.54) is 0 Å². The van der Waals surface area contributed by atoms with Gasteiger partial charge in [0.2, 0.25) is 5.91 Å². The predicted molar refractivity (Wildman–Crippen MR) is 62.3 cm³/mol. The second-order valence-corrected chi connectivity index (χ2v) is 3.67. The van der Waals surface area contributed by atoms with Crippen molar-refractivity contribution in [1.29, 1.82) is 0 Å². The van der Waals surface area contributed by atoms with E-state index in [-0.39, 0.29) is 11.9 Å². The molecule has 1 unspecified atom stereocenters. The molecule has 0 radical (unpaired) electrons. The van der Waals surface area contributed by atoms with Crippen LogP contribution in [0.2, 0.25) is 0 Å². The Labute approximate surface area is 90.7 Å². The lowest BCUT2D eigenvalue weighted by Gasteiger charge is -2.15. The topological polar surface area (TPSA) is 55.1 Å². The van der Waals surface area contributed by atoms with E-state index in [4.69, 9.17) is 5.73 Å². The molecule has 0 aliphatic heterocycles. The molecule has 82 valence electrons. The first kappa shape index (κ1) is 11.6. The van der Waals surface area contributed by atoms with Crippen LogP contribution < -0.4 is 11.1 Å². The molecule has 3 nitrogen and oxygen atoms in total. The molecule has 1 aromatic carbocycles. The number of para-hydroxylation sites is 1. The number of anilines is 1. The maximum Gasteiger partial charge on any atom is 0.220 e. The summed E-state index contributed by atoms with van der Waals surface area (Å²) >= 11 is 0. The van der Waals surface area contributed by atoms with Crippen LogP contribution in [0.3, 0.4) is 0 Å². The average molecular weight is 206 g/mol. The van der Waals surface area contributed by atoms with Gasteiger partial charge in [0.1, 0.15) is 0 Å². The van der Waals surface area contributed by atoms with E-state index in [1.54, 1.807) is 0 Å². The quantitative estimate of drug-likeness (QED) is 0.742. The Balaban J connectivity index is 2.65. The number of hydrogen-bond acceptors (Lipinski definition) is 2. The average Bonchev–Trinajstić information content (AvgIpc) is 2.18. The molecule has 0 heterocycles. The standard InChI is InChI=1S/C12H18N2O/c1-3-6-12(15)14-9(2)10-7-4-5-8-11(10)13/h4-5,7-9H,3,6,13H2,1-2H3,(H,14,15). The van der Waals surface area contributed by atoms with Gasteiger partial charge in [-0.15, -0.1) is 0 Å². The fourth-order valence-electron chi connectivity index (χ4n) is 1.52. The molecular weight excluding hydrogens is 188 g/mol. The van der Waals surface area contributed by atoms with Crippen molar-refractivity contribution in [2.45, 2.75) is 32.7 Å². The van der Waals surface area contributed by atoms with E-state index >= 15 is 0 Å². The van der Waals surface area contributed by atoms with Crippen LogP contribution in [-0.2, 0) is 4.79 Å². The van der Waals surface area contributed by atoms with E-state index < -0.39 is 0 Å². The highest BCUT2D eigenvalue weighted by Crippen LogP contribution is 2.19. The summed E-state index contributed by atoms with van der Waals surface area (Å²) in [5.41, 5.74) is 7.52. The van der Waals surface area contributed by atoms with E-state index in [1.807, 2.05) is 38.1 Å². The first-order chi connectivity index (χ1) is 7.15. The number of amides is 1. The number of nitrogens with two attached hydrogens (primary N) is 1. The minimum Gasteiger partial charge on any atom is -0.398 e. The number of benzene rings is 1. The fourth-order valence-corrected chi connectivity index (χ4v) is 1.52. The molecule has 15 heavy (non-hydrogen) atoms. The maximum absolute atomic E-state index is 11.4. The highest BCUT2D eigenvalue weighted by Gasteiger charge is 2.10. The third-order valence-electron chi connectivity index (χ3n) is 2.32. The summed E-state index contributed by atoms with van der Waals surface area (Å²) in [5, 5.41) is 2.92. The molecule has 0 fully saturated rings. The molecule has 0 saturated heterocycles. The largest absolute Gasteiger partial charge is 0.398 e. The van der Waals surface area contributed by atoms with Crippen molar-refractivity contribution in [2.24, 2.45) is 0 Å². The zero-order chi connectivity index (χ0) is 11.3. The summed E-state index contributed by atoms with van der Waals surface area (Å²) in [4.78, 5) is 11.4. The number of hydrogen-bond donors (Lipinski definition) is 2. The summed E-state index contributed by atoms with van der Waals surface area (Å²) in [7, 11) is 0. The number of rotatable bonds is 4. The van der Waals surface area contributed by atoms with Gasteiger partial charge in [0.25, 0.3) is 0 Å². The van der Waals surface area contributed by atoms with Gasteiger partial charge >= 0.3 is 0 Å². The van der Waals surface area contributed by atoms with Crippen LogP contribution in [0.4, 0.5) is 5.69 Å². The molecule has 3 N–H and O–H groups in total. The Hall–Kier alpha value is -1.51. The first-order valence-electron chi connectivity index (χ1n) is 5.29. The number of nitrogens with one attached hydrogen (secondary N) is 1. The van der Waals surface area contributed by atoms with Crippen LogP contribution in [0.15, 0.2) is 24.3 Å². The fraction of sp³-hybridized carbons (Fsp3) is 0.417. The van der Waals surface area contributed by atoms with Crippen LogP contribution >= 0.6 is 0 Å². The molecule has 1 rings (SSSR count). The number of nitrogen functional groups attached to an aromatic ring is 1. The van der Waals surface area contributed by atoms with Gasteiger partial charge in [-0.2, -0.15) is 0 Å². The molecule has 1 amide bonds. The van der Waals surface area contributed by atoms with Crippen molar-refractivity contribution in [2.75, 3.05) is 5.73 Å². The van der Waals surface area contributed by atoms with Gasteiger partial charge < -0.3 is 11.1 Å². The lowest BCUT2D eigenvalue weighted by Crippen LogP contribution is -2.26. The monoisotopic (exact) mass is 206 g/mol. The lowest BCUT2D eigenvalue weighted by molar-refractivity contribution is -0.121. The summed E-state index contributed by atoms with van der Waals surface area (Å²) in [6, 6.07) is 7.57. The maximum atomic E-state index is 11.4. The van der Waals surface area contributed by atoms with Gasteiger partial charge in [0.05, 0.1) is 6.04 Å². The second-order valence-electron chi connectivity index (χ2n) is 3.67. The van der Waals surface area contributed by atoms with Gasteiger partial charge in [0.15, 0.2) is 0 Å². The van der Waals surface area contributed by atoms with Gasteiger partial charge in [-0.3, -0.25) is 4.79 Å². The zero-order valence-corrected chi connectivity index (χ0v) is 9.29. The van der Waals surface area contributed by atoms with E-state index in [2.05, 4.69) is 5.32 Å². The highest BCUT2D eigenvalue weighted by molar-refractivity contribution is 5.76. The van der Waals surface area contributed by atoms with Crippen molar-refractivity contribution in [1.82, 2.24) is 5.32 Å². The Kier molecular flexibility index (Phi) is 4.16. The molecule has 3 heteroatoms. The predicted octanol–water partition coefficient (Wildman–Crippen LogP) is 2.25. The van der Waals surface area contributed by atoms with Crippen LogP contribution in [0, 0.1) is 0 Å². The summed E-state index contributed by atoms with van der Waals surface area (Å²) in [6.07, 6.45) is 1.43. The minimum atomic E-state index is -0.0229. The molecular formula is C12H18N2O. The summed E-state index contributed by atoms with van der Waals surface area (Å²) < 4.78 is 0.